The zero-order chi connectivity index (χ0) is 16.6. The van der Waals surface area contributed by atoms with Crippen LogP contribution in [0.3, 0.4) is 0 Å². The van der Waals surface area contributed by atoms with Gasteiger partial charge in [-0.05, 0) is 43.3 Å². The molecule has 2 aromatic rings. The van der Waals surface area contributed by atoms with E-state index in [1.807, 2.05) is 0 Å². The molecule has 0 atom stereocenters. The predicted octanol–water partition coefficient (Wildman–Crippen LogP) is 2.25. The summed E-state index contributed by atoms with van der Waals surface area (Å²) in [6.45, 7) is 1.93. The van der Waals surface area contributed by atoms with Crippen molar-refractivity contribution in [3.63, 3.8) is 0 Å². The molecule has 1 heterocycles. The first-order chi connectivity index (χ1) is 11.0. The molecule has 0 spiro atoms. The Morgan fingerprint density at radius 3 is 2.52 bits per heavy atom. The van der Waals surface area contributed by atoms with E-state index in [4.69, 9.17) is 10.5 Å². The van der Waals surface area contributed by atoms with Gasteiger partial charge in [0.25, 0.3) is 11.8 Å². The molecule has 0 aliphatic carbocycles. The van der Waals surface area contributed by atoms with E-state index in [0.29, 0.717) is 11.4 Å². The lowest BCUT2D eigenvalue weighted by Crippen LogP contribution is -2.29. The highest BCUT2D eigenvalue weighted by atomic mass is 16.5. The number of hydrogen-bond donors (Lipinski definition) is 1. The minimum absolute atomic E-state index is 0.183. The van der Waals surface area contributed by atoms with Gasteiger partial charge in [0, 0.05) is 5.69 Å². The lowest BCUT2D eigenvalue weighted by molar-refractivity contribution is 0.0526. The van der Waals surface area contributed by atoms with Gasteiger partial charge in [0.05, 0.1) is 29.0 Å². The molecule has 0 unspecified atom stereocenters. The summed E-state index contributed by atoms with van der Waals surface area (Å²) < 4.78 is 4.91. The zero-order valence-electron chi connectivity index (χ0n) is 12.4. The number of esters is 1. The normalized spacial score (nSPS) is 13.2. The summed E-state index contributed by atoms with van der Waals surface area (Å²) in [7, 11) is 0. The van der Waals surface area contributed by atoms with Gasteiger partial charge in [0.1, 0.15) is 0 Å². The fourth-order valence-corrected chi connectivity index (χ4v) is 2.48. The number of imide groups is 1. The average molecular weight is 310 g/mol. The van der Waals surface area contributed by atoms with Crippen molar-refractivity contribution in [1.29, 1.82) is 0 Å². The van der Waals surface area contributed by atoms with Gasteiger partial charge in [-0.2, -0.15) is 0 Å². The molecule has 2 aromatic carbocycles. The van der Waals surface area contributed by atoms with Crippen molar-refractivity contribution in [2.24, 2.45) is 0 Å². The number of benzene rings is 2. The Morgan fingerprint density at radius 1 is 1.09 bits per heavy atom. The van der Waals surface area contributed by atoms with E-state index in [-0.39, 0.29) is 23.3 Å². The van der Waals surface area contributed by atoms with Crippen molar-refractivity contribution in [1.82, 2.24) is 0 Å². The number of nitrogen functional groups attached to an aromatic ring is 1. The average Bonchev–Trinajstić information content (AvgIpc) is 2.78. The highest BCUT2D eigenvalue weighted by molar-refractivity contribution is 6.34. The second kappa shape index (κ2) is 5.57. The maximum Gasteiger partial charge on any atom is 0.338 e. The second-order valence-electron chi connectivity index (χ2n) is 5.02. The van der Waals surface area contributed by atoms with E-state index in [9.17, 15) is 14.4 Å². The van der Waals surface area contributed by atoms with Crippen molar-refractivity contribution >= 4 is 29.2 Å². The highest BCUT2D eigenvalue weighted by Crippen LogP contribution is 2.30. The molecule has 0 saturated heterocycles. The van der Waals surface area contributed by atoms with E-state index in [1.54, 1.807) is 31.2 Å². The standard InChI is InChI=1S/C17H14N2O4/c1-2-23-17(22)10-6-7-13-14(8-10)16(21)19(15(13)20)12-5-3-4-11(18)9-12/h3-9H,2,18H2,1H3. The van der Waals surface area contributed by atoms with Crippen molar-refractivity contribution in [2.75, 3.05) is 17.2 Å². The number of fused-ring (bicyclic) bond motifs is 1. The lowest BCUT2D eigenvalue weighted by atomic mass is 10.1. The van der Waals surface area contributed by atoms with Gasteiger partial charge in [-0.1, -0.05) is 6.07 Å². The maximum atomic E-state index is 12.6. The third kappa shape index (κ3) is 2.44. The third-order valence-corrected chi connectivity index (χ3v) is 3.53. The van der Waals surface area contributed by atoms with Crippen LogP contribution >= 0.6 is 0 Å². The first-order valence-electron chi connectivity index (χ1n) is 7.08. The first-order valence-corrected chi connectivity index (χ1v) is 7.08. The molecule has 2 N–H and O–H groups in total. The summed E-state index contributed by atoms with van der Waals surface area (Å²) in [5.41, 5.74) is 7.23. The number of rotatable bonds is 3. The van der Waals surface area contributed by atoms with Crippen LogP contribution in [0.1, 0.15) is 38.0 Å². The van der Waals surface area contributed by atoms with Crippen LogP contribution in [-0.4, -0.2) is 24.4 Å². The van der Waals surface area contributed by atoms with Crippen LogP contribution < -0.4 is 10.6 Å². The Hall–Kier alpha value is -3.15. The molecule has 0 aromatic heterocycles. The van der Waals surface area contributed by atoms with Gasteiger partial charge >= 0.3 is 5.97 Å². The number of hydrogen-bond acceptors (Lipinski definition) is 5. The summed E-state index contributed by atoms with van der Waals surface area (Å²) >= 11 is 0. The number of nitrogens with two attached hydrogens (primary N) is 1. The minimum Gasteiger partial charge on any atom is -0.462 e. The number of ether oxygens (including phenoxy) is 1. The molecule has 3 rings (SSSR count). The highest BCUT2D eigenvalue weighted by Gasteiger charge is 2.37. The molecule has 23 heavy (non-hydrogen) atoms. The van der Waals surface area contributed by atoms with Crippen molar-refractivity contribution < 1.29 is 19.1 Å². The summed E-state index contributed by atoms with van der Waals surface area (Å²) in [4.78, 5) is 37.9. The summed E-state index contributed by atoms with van der Waals surface area (Å²) in [5, 5.41) is 0. The molecule has 1 aliphatic rings. The molecular weight excluding hydrogens is 296 g/mol. The largest absolute Gasteiger partial charge is 0.462 e. The molecule has 2 amide bonds. The summed E-state index contributed by atoms with van der Waals surface area (Å²) in [5.74, 6) is -1.45. The van der Waals surface area contributed by atoms with Crippen LogP contribution in [0, 0.1) is 0 Å². The molecular formula is C17H14N2O4. The van der Waals surface area contributed by atoms with E-state index in [2.05, 4.69) is 0 Å². The number of anilines is 2. The van der Waals surface area contributed by atoms with Gasteiger partial charge in [-0.25, -0.2) is 9.69 Å². The van der Waals surface area contributed by atoms with Gasteiger partial charge in [-0.15, -0.1) is 0 Å². The van der Waals surface area contributed by atoms with E-state index in [1.165, 1.54) is 18.2 Å². The molecule has 0 saturated carbocycles. The van der Waals surface area contributed by atoms with Gasteiger partial charge in [0.15, 0.2) is 0 Å². The molecule has 0 radical (unpaired) electrons. The Bertz CT molecular complexity index is 829. The van der Waals surface area contributed by atoms with Crippen molar-refractivity contribution in [3.8, 4) is 0 Å². The predicted molar refractivity (Wildman–Crippen MR) is 84.4 cm³/mol. The lowest BCUT2D eigenvalue weighted by Gasteiger charge is -2.14. The fraction of sp³-hybridized carbons (Fsp3) is 0.118. The topological polar surface area (TPSA) is 89.7 Å². The Labute approximate surface area is 132 Å². The minimum atomic E-state index is -0.530. The van der Waals surface area contributed by atoms with E-state index in [0.717, 1.165) is 4.90 Å². The second-order valence-corrected chi connectivity index (χ2v) is 5.02. The number of amides is 2. The van der Waals surface area contributed by atoms with Gasteiger partial charge < -0.3 is 10.5 Å². The monoisotopic (exact) mass is 310 g/mol. The van der Waals surface area contributed by atoms with Crippen molar-refractivity contribution in [3.05, 3.63) is 59.2 Å². The molecule has 116 valence electrons. The maximum absolute atomic E-state index is 12.6. The molecule has 1 aliphatic heterocycles. The zero-order valence-corrected chi connectivity index (χ0v) is 12.4. The fourth-order valence-electron chi connectivity index (χ4n) is 2.48. The first kappa shape index (κ1) is 14.8. The van der Waals surface area contributed by atoms with E-state index >= 15 is 0 Å². The van der Waals surface area contributed by atoms with Crippen molar-refractivity contribution in [2.45, 2.75) is 6.92 Å². The van der Waals surface area contributed by atoms with Crippen LogP contribution in [0.15, 0.2) is 42.5 Å². The van der Waals surface area contributed by atoms with Crippen LogP contribution in [0.25, 0.3) is 0 Å². The number of carbonyl (C=O) groups excluding carboxylic acids is 3. The molecule has 0 fully saturated rings. The van der Waals surface area contributed by atoms with Crippen LogP contribution in [-0.2, 0) is 4.74 Å². The molecule has 6 heteroatoms. The van der Waals surface area contributed by atoms with Gasteiger partial charge in [0.2, 0.25) is 0 Å². The SMILES string of the molecule is CCOC(=O)c1ccc2c(c1)C(=O)N(c1cccc(N)c1)C2=O. The quantitative estimate of drug-likeness (QED) is 0.533. The Balaban J connectivity index is 2.02. The van der Waals surface area contributed by atoms with Gasteiger partial charge in [-0.3, -0.25) is 9.59 Å². The third-order valence-electron chi connectivity index (χ3n) is 3.53. The Morgan fingerprint density at radius 2 is 1.83 bits per heavy atom. The summed E-state index contributed by atoms with van der Waals surface area (Å²) in [6, 6.07) is 10.8. The number of nitrogens with zero attached hydrogens (tertiary/aromatic N) is 1. The molecule has 0 bridgehead atoms. The number of carbonyl (C=O) groups is 3. The van der Waals surface area contributed by atoms with E-state index < -0.39 is 17.8 Å². The van der Waals surface area contributed by atoms with Crippen LogP contribution in [0.4, 0.5) is 11.4 Å². The smallest absolute Gasteiger partial charge is 0.338 e. The summed E-state index contributed by atoms with van der Waals surface area (Å²) in [6.07, 6.45) is 0. The Kier molecular flexibility index (Phi) is 3.57. The van der Waals surface area contributed by atoms with Crippen LogP contribution in [0.5, 0.6) is 0 Å². The molecule has 6 nitrogen and oxygen atoms in total. The van der Waals surface area contributed by atoms with Crippen LogP contribution in [0.2, 0.25) is 0 Å².